The summed E-state index contributed by atoms with van der Waals surface area (Å²) in [5.74, 6) is 0. The summed E-state index contributed by atoms with van der Waals surface area (Å²) in [6, 6.07) is 0. The lowest BCUT2D eigenvalue weighted by molar-refractivity contribution is 0.146. The van der Waals surface area contributed by atoms with Gasteiger partial charge in [-0.1, -0.05) is 39.0 Å². The molecule has 2 N–H and O–H groups in total. The standard InChI is InChI=1S/C14H32N2O/c1-3-4-5-6-7-8-11-16(12-9-10-15)13-14-17-2/h3-15H2,1-2H3. The Morgan fingerprint density at radius 2 is 1.53 bits per heavy atom. The molecule has 0 saturated carbocycles. The number of rotatable bonds is 13. The molecule has 0 amide bonds. The predicted octanol–water partition coefficient (Wildman–Crippen LogP) is 2.64. The van der Waals surface area contributed by atoms with Gasteiger partial charge in [0.15, 0.2) is 0 Å². The lowest BCUT2D eigenvalue weighted by Gasteiger charge is -2.21. The second-order valence-electron chi connectivity index (χ2n) is 4.74. The number of nitrogens with zero attached hydrogens (tertiary/aromatic N) is 1. The van der Waals surface area contributed by atoms with Crippen LogP contribution in [0, 0.1) is 0 Å². The van der Waals surface area contributed by atoms with Crippen LogP contribution in [0.4, 0.5) is 0 Å². The Morgan fingerprint density at radius 3 is 2.18 bits per heavy atom. The average Bonchev–Trinajstić information content (AvgIpc) is 2.35. The highest BCUT2D eigenvalue weighted by Gasteiger charge is 2.03. The maximum atomic E-state index is 5.56. The first-order valence-electron chi connectivity index (χ1n) is 7.26. The van der Waals surface area contributed by atoms with E-state index in [0.717, 1.165) is 32.7 Å². The largest absolute Gasteiger partial charge is 0.383 e. The minimum absolute atomic E-state index is 0.792. The van der Waals surface area contributed by atoms with Crippen molar-refractivity contribution >= 4 is 0 Å². The van der Waals surface area contributed by atoms with E-state index >= 15 is 0 Å². The molecule has 3 nitrogen and oxygen atoms in total. The molecule has 0 unspecified atom stereocenters. The van der Waals surface area contributed by atoms with Crippen molar-refractivity contribution in [2.75, 3.05) is 39.9 Å². The zero-order valence-corrected chi connectivity index (χ0v) is 11.9. The van der Waals surface area contributed by atoms with Crippen molar-refractivity contribution in [3.8, 4) is 0 Å². The minimum Gasteiger partial charge on any atom is -0.383 e. The van der Waals surface area contributed by atoms with Gasteiger partial charge in [-0.2, -0.15) is 0 Å². The molecule has 17 heavy (non-hydrogen) atoms. The zero-order valence-electron chi connectivity index (χ0n) is 11.9. The molecule has 0 atom stereocenters. The van der Waals surface area contributed by atoms with Gasteiger partial charge < -0.3 is 15.4 Å². The van der Waals surface area contributed by atoms with Gasteiger partial charge in [0.2, 0.25) is 0 Å². The first-order chi connectivity index (χ1) is 8.35. The van der Waals surface area contributed by atoms with Crippen LogP contribution in [-0.2, 0) is 4.74 Å². The van der Waals surface area contributed by atoms with Crippen LogP contribution in [0.1, 0.15) is 51.9 Å². The van der Waals surface area contributed by atoms with Crippen LogP contribution >= 0.6 is 0 Å². The number of ether oxygens (including phenoxy) is 1. The molecule has 0 bridgehead atoms. The van der Waals surface area contributed by atoms with Gasteiger partial charge in [-0.05, 0) is 32.5 Å². The van der Waals surface area contributed by atoms with E-state index in [1.54, 1.807) is 7.11 Å². The van der Waals surface area contributed by atoms with Gasteiger partial charge in [0.05, 0.1) is 6.61 Å². The number of nitrogens with two attached hydrogens (primary N) is 1. The second-order valence-corrected chi connectivity index (χ2v) is 4.74. The van der Waals surface area contributed by atoms with Gasteiger partial charge in [0.1, 0.15) is 0 Å². The lowest BCUT2D eigenvalue weighted by Crippen LogP contribution is -2.30. The van der Waals surface area contributed by atoms with E-state index in [1.165, 1.54) is 45.1 Å². The van der Waals surface area contributed by atoms with Crippen molar-refractivity contribution in [2.45, 2.75) is 51.9 Å². The van der Waals surface area contributed by atoms with Crippen molar-refractivity contribution in [2.24, 2.45) is 5.73 Å². The van der Waals surface area contributed by atoms with E-state index in [4.69, 9.17) is 10.5 Å². The Hall–Kier alpha value is -0.120. The quantitative estimate of drug-likeness (QED) is 0.506. The van der Waals surface area contributed by atoms with Crippen LogP contribution in [0.3, 0.4) is 0 Å². The summed E-state index contributed by atoms with van der Waals surface area (Å²) in [6.45, 7) is 7.26. The van der Waals surface area contributed by atoms with Crippen LogP contribution in [0.15, 0.2) is 0 Å². The Kier molecular flexibility index (Phi) is 13.8. The van der Waals surface area contributed by atoms with E-state index < -0.39 is 0 Å². The molecule has 0 aromatic rings. The summed E-state index contributed by atoms with van der Waals surface area (Å²) in [7, 11) is 1.77. The van der Waals surface area contributed by atoms with Crippen LogP contribution in [0.2, 0.25) is 0 Å². The number of methoxy groups -OCH3 is 1. The number of hydrogen-bond acceptors (Lipinski definition) is 3. The summed E-state index contributed by atoms with van der Waals surface area (Å²) in [5, 5.41) is 0. The molecule has 3 heteroatoms. The smallest absolute Gasteiger partial charge is 0.0589 e. The van der Waals surface area contributed by atoms with Gasteiger partial charge in [-0.25, -0.2) is 0 Å². The minimum atomic E-state index is 0.792. The summed E-state index contributed by atoms with van der Waals surface area (Å²) < 4.78 is 5.14. The Labute approximate surface area is 108 Å². The van der Waals surface area contributed by atoms with Crippen LogP contribution in [0.5, 0.6) is 0 Å². The van der Waals surface area contributed by atoms with Gasteiger partial charge in [-0.15, -0.1) is 0 Å². The molecule has 0 heterocycles. The third-order valence-corrected chi connectivity index (χ3v) is 3.12. The maximum Gasteiger partial charge on any atom is 0.0589 e. The third-order valence-electron chi connectivity index (χ3n) is 3.12. The molecule has 104 valence electrons. The summed E-state index contributed by atoms with van der Waals surface area (Å²) in [6.07, 6.45) is 9.29. The molecule has 0 spiro atoms. The van der Waals surface area contributed by atoms with Crippen molar-refractivity contribution in [1.29, 1.82) is 0 Å². The van der Waals surface area contributed by atoms with E-state index in [1.807, 2.05) is 0 Å². The van der Waals surface area contributed by atoms with Crippen molar-refractivity contribution in [3.05, 3.63) is 0 Å². The summed E-state index contributed by atoms with van der Waals surface area (Å²) >= 11 is 0. The average molecular weight is 244 g/mol. The third kappa shape index (κ3) is 12.1. The van der Waals surface area contributed by atoms with E-state index in [9.17, 15) is 0 Å². The lowest BCUT2D eigenvalue weighted by atomic mass is 10.1. The van der Waals surface area contributed by atoms with Crippen molar-refractivity contribution in [1.82, 2.24) is 4.90 Å². The molecule has 0 saturated heterocycles. The highest BCUT2D eigenvalue weighted by Crippen LogP contribution is 2.06. The normalized spacial score (nSPS) is 11.3. The SMILES string of the molecule is CCCCCCCCN(CCCN)CCOC. The topological polar surface area (TPSA) is 38.5 Å². The van der Waals surface area contributed by atoms with Crippen molar-refractivity contribution in [3.63, 3.8) is 0 Å². The van der Waals surface area contributed by atoms with Gasteiger partial charge in [-0.3, -0.25) is 0 Å². The molecule has 0 rings (SSSR count). The van der Waals surface area contributed by atoms with Crippen LogP contribution in [-0.4, -0.2) is 44.8 Å². The van der Waals surface area contributed by atoms with Gasteiger partial charge in [0, 0.05) is 13.7 Å². The molecule has 0 aromatic heterocycles. The highest BCUT2D eigenvalue weighted by molar-refractivity contribution is 4.58. The predicted molar refractivity (Wildman–Crippen MR) is 75.4 cm³/mol. The van der Waals surface area contributed by atoms with Crippen LogP contribution < -0.4 is 5.73 Å². The molecule has 0 aromatic carbocycles. The second kappa shape index (κ2) is 13.9. The van der Waals surface area contributed by atoms with Crippen molar-refractivity contribution < 1.29 is 4.74 Å². The van der Waals surface area contributed by atoms with Gasteiger partial charge in [0.25, 0.3) is 0 Å². The molecular weight excluding hydrogens is 212 g/mol. The molecule has 0 radical (unpaired) electrons. The molecule has 0 aliphatic carbocycles. The van der Waals surface area contributed by atoms with E-state index in [2.05, 4.69) is 11.8 Å². The van der Waals surface area contributed by atoms with Crippen LogP contribution in [0.25, 0.3) is 0 Å². The fourth-order valence-electron chi connectivity index (χ4n) is 1.99. The summed E-state index contributed by atoms with van der Waals surface area (Å²) in [4.78, 5) is 2.48. The van der Waals surface area contributed by atoms with Gasteiger partial charge >= 0.3 is 0 Å². The first kappa shape index (κ1) is 16.9. The monoisotopic (exact) mass is 244 g/mol. The van der Waals surface area contributed by atoms with E-state index in [-0.39, 0.29) is 0 Å². The Balaban J connectivity index is 3.45. The zero-order chi connectivity index (χ0) is 12.8. The fourth-order valence-corrected chi connectivity index (χ4v) is 1.99. The molecular formula is C14H32N2O. The molecule has 0 fully saturated rings. The Morgan fingerprint density at radius 1 is 0.882 bits per heavy atom. The Bertz CT molecular complexity index is 134. The maximum absolute atomic E-state index is 5.56. The number of unbranched alkanes of at least 4 members (excludes halogenated alkanes) is 5. The first-order valence-corrected chi connectivity index (χ1v) is 7.26. The highest BCUT2D eigenvalue weighted by atomic mass is 16.5. The van der Waals surface area contributed by atoms with E-state index in [0.29, 0.717) is 0 Å². The molecule has 0 aliphatic rings. The molecule has 0 aliphatic heterocycles. The summed E-state index contributed by atoms with van der Waals surface area (Å²) in [5.41, 5.74) is 5.56. The fraction of sp³-hybridized carbons (Fsp3) is 1.00. The number of hydrogen-bond donors (Lipinski definition) is 1.